The van der Waals surface area contributed by atoms with E-state index in [4.69, 9.17) is 25.8 Å². The Hall–Kier alpha value is -1.23. The molecule has 2 bridgehead atoms. The van der Waals surface area contributed by atoms with E-state index in [0.717, 1.165) is 0 Å². The highest BCUT2D eigenvalue weighted by atomic mass is 35.5. The van der Waals surface area contributed by atoms with E-state index >= 15 is 0 Å². The van der Waals surface area contributed by atoms with Crippen molar-refractivity contribution in [3.05, 3.63) is 11.6 Å². The number of ether oxygens (including phenoxy) is 3. The summed E-state index contributed by atoms with van der Waals surface area (Å²) < 4.78 is 16.9. The minimum Gasteiger partial charge on any atom is -0.384 e. The number of piperazine rings is 1. The summed E-state index contributed by atoms with van der Waals surface area (Å²) >= 11 is 5.68. The maximum atomic E-state index is 12.8. The normalized spacial score (nSPS) is 42.2. The minimum absolute atomic E-state index is 0.0168. The number of hydrogen-bond donors (Lipinski definition) is 4. The van der Waals surface area contributed by atoms with E-state index < -0.39 is 40.8 Å². The van der Waals surface area contributed by atoms with Gasteiger partial charge >= 0.3 is 0 Å². The van der Waals surface area contributed by atoms with Gasteiger partial charge in [-0.2, -0.15) is 0 Å². The van der Waals surface area contributed by atoms with Crippen LogP contribution in [0, 0.1) is 0 Å². The average Bonchev–Trinajstić information content (AvgIpc) is 2.84. The lowest BCUT2D eigenvalue weighted by atomic mass is 9.84. The summed E-state index contributed by atoms with van der Waals surface area (Å²) in [5.41, 5.74) is -5.47. The molecule has 0 radical (unpaired) electrons. The molecule has 4 atom stereocenters. The van der Waals surface area contributed by atoms with Crippen molar-refractivity contribution in [2.75, 3.05) is 19.1 Å². The number of carbonyl (C=O) groups excluding carboxylic acids is 2. The van der Waals surface area contributed by atoms with Gasteiger partial charge in [0, 0.05) is 5.88 Å². The third kappa shape index (κ3) is 2.83. The molecule has 9 nitrogen and oxygen atoms in total. The number of carbonyl (C=O) groups is 2. The van der Waals surface area contributed by atoms with Gasteiger partial charge in [-0.05, 0) is 32.8 Å². The van der Waals surface area contributed by atoms with Crippen LogP contribution >= 0.6 is 11.6 Å². The number of fused-ring (bicyclic) bond motifs is 5. The fraction of sp³-hybridized carbons (Fsp3) is 0.750. The fourth-order valence-electron chi connectivity index (χ4n) is 3.58. The number of allylic oxidation sites excluding steroid dienone is 1. The van der Waals surface area contributed by atoms with Gasteiger partial charge in [0.25, 0.3) is 17.5 Å². The van der Waals surface area contributed by atoms with Crippen molar-refractivity contribution in [1.29, 1.82) is 0 Å². The van der Waals surface area contributed by atoms with Crippen LogP contribution in [0.1, 0.15) is 27.2 Å². The molecule has 4 aliphatic heterocycles. The molecule has 4 saturated heterocycles. The quantitative estimate of drug-likeness (QED) is 0.363. The molecule has 0 aromatic rings. The molecule has 4 N–H and O–H groups in total. The van der Waals surface area contributed by atoms with E-state index in [-0.39, 0.29) is 31.1 Å². The van der Waals surface area contributed by atoms with Gasteiger partial charge in [-0.1, -0.05) is 6.08 Å². The SMILES string of the molecule is CC1(C)OC[C@@](C)([C@@H](O)[C@@]23NC(=O)[C@@](O)(NC2=O)/C(=C/CCl)CCO3)O1. The van der Waals surface area contributed by atoms with Crippen LogP contribution in [0.4, 0.5) is 0 Å². The molecule has 10 heteroatoms. The number of aliphatic hydroxyl groups excluding tert-OH is 1. The number of rotatable bonds is 3. The van der Waals surface area contributed by atoms with Crippen LogP contribution in [0.15, 0.2) is 11.6 Å². The van der Waals surface area contributed by atoms with Gasteiger partial charge in [0.1, 0.15) is 11.7 Å². The molecule has 4 fully saturated rings. The molecule has 0 saturated carbocycles. The maximum Gasteiger partial charge on any atom is 0.280 e. The van der Waals surface area contributed by atoms with Crippen molar-refractivity contribution < 1.29 is 34.0 Å². The highest BCUT2D eigenvalue weighted by Crippen LogP contribution is 2.40. The zero-order chi connectivity index (χ0) is 19.4. The van der Waals surface area contributed by atoms with Crippen molar-refractivity contribution in [1.82, 2.24) is 10.6 Å². The Bertz CT molecular complexity index is 669. The summed E-state index contributed by atoms with van der Waals surface area (Å²) in [7, 11) is 0. The third-order valence-corrected chi connectivity index (χ3v) is 5.05. The second kappa shape index (κ2) is 6.15. The summed E-state index contributed by atoms with van der Waals surface area (Å²) in [4.78, 5) is 25.4. The van der Waals surface area contributed by atoms with E-state index in [2.05, 4.69) is 10.6 Å². The van der Waals surface area contributed by atoms with Crippen LogP contribution < -0.4 is 10.6 Å². The minimum atomic E-state index is -2.24. The molecular weight excluding hydrogens is 368 g/mol. The number of hydrogen-bond acceptors (Lipinski definition) is 7. The molecule has 0 aliphatic carbocycles. The second-order valence-electron chi connectivity index (χ2n) is 7.34. The Kier molecular flexibility index (Phi) is 4.62. The van der Waals surface area contributed by atoms with Crippen molar-refractivity contribution in [3.63, 3.8) is 0 Å². The second-order valence-corrected chi connectivity index (χ2v) is 7.65. The molecule has 0 aromatic carbocycles. The van der Waals surface area contributed by atoms with Gasteiger partial charge in [-0.25, -0.2) is 0 Å². The lowest BCUT2D eigenvalue weighted by Crippen LogP contribution is -2.82. The van der Waals surface area contributed by atoms with Gasteiger partial charge in [-0.15, -0.1) is 11.6 Å². The van der Waals surface area contributed by atoms with Gasteiger partial charge < -0.3 is 35.1 Å². The molecule has 0 aromatic heterocycles. The van der Waals surface area contributed by atoms with Crippen LogP contribution in [-0.4, -0.2) is 70.1 Å². The fourth-order valence-corrected chi connectivity index (χ4v) is 3.76. The first kappa shape index (κ1) is 19.5. The summed E-state index contributed by atoms with van der Waals surface area (Å²) in [5.74, 6) is -2.73. The van der Waals surface area contributed by atoms with Crippen LogP contribution in [0.3, 0.4) is 0 Å². The van der Waals surface area contributed by atoms with Crippen LogP contribution in [-0.2, 0) is 23.8 Å². The summed E-state index contributed by atoms with van der Waals surface area (Å²) in [6.07, 6.45) is -0.00813. The molecule has 4 aliphatic rings. The monoisotopic (exact) mass is 390 g/mol. The van der Waals surface area contributed by atoms with E-state index in [1.54, 1.807) is 20.8 Å². The Morgan fingerprint density at radius 1 is 1.23 bits per heavy atom. The first-order valence-corrected chi connectivity index (χ1v) is 8.82. The average molecular weight is 391 g/mol. The van der Waals surface area contributed by atoms with E-state index in [1.807, 2.05) is 0 Å². The summed E-state index contributed by atoms with van der Waals surface area (Å²) in [5, 5.41) is 26.3. The van der Waals surface area contributed by atoms with Gasteiger partial charge in [0.15, 0.2) is 5.79 Å². The maximum absolute atomic E-state index is 12.8. The first-order valence-electron chi connectivity index (χ1n) is 8.28. The van der Waals surface area contributed by atoms with E-state index in [9.17, 15) is 19.8 Å². The largest absolute Gasteiger partial charge is 0.384 e. The predicted octanol–water partition coefficient (Wildman–Crippen LogP) is -0.895. The van der Waals surface area contributed by atoms with E-state index in [1.165, 1.54) is 6.08 Å². The Balaban J connectivity index is 1.98. The van der Waals surface area contributed by atoms with Crippen molar-refractivity contribution in [2.24, 2.45) is 0 Å². The molecule has 0 spiro atoms. The zero-order valence-electron chi connectivity index (χ0n) is 14.8. The predicted molar refractivity (Wildman–Crippen MR) is 88.9 cm³/mol. The highest BCUT2D eigenvalue weighted by molar-refractivity contribution is 6.19. The Labute approximate surface area is 155 Å². The first-order chi connectivity index (χ1) is 12.0. The van der Waals surface area contributed by atoms with Gasteiger partial charge in [0.2, 0.25) is 5.72 Å². The van der Waals surface area contributed by atoms with Crippen LogP contribution in [0.25, 0.3) is 0 Å². The van der Waals surface area contributed by atoms with Crippen LogP contribution in [0.5, 0.6) is 0 Å². The third-order valence-electron chi connectivity index (χ3n) is 4.90. The van der Waals surface area contributed by atoms with E-state index in [0.29, 0.717) is 0 Å². The number of nitrogens with one attached hydrogen (secondary N) is 2. The smallest absolute Gasteiger partial charge is 0.280 e. The standard InChI is InChI=1S/C16H23ClN2O7/c1-13(2)25-8-14(3,26-13)10(20)16-12(22)18-15(23,11(21)19-16)9(4-6-17)5-7-24-16/h4,10,20,23H,5-8H2,1-3H3,(H,18,22)(H,19,21)/b9-4+/t10-,14+,15-,16+/m1/s1. The topological polar surface area (TPSA) is 126 Å². The molecule has 146 valence electrons. The van der Waals surface area contributed by atoms with Crippen molar-refractivity contribution in [3.8, 4) is 0 Å². The summed E-state index contributed by atoms with van der Waals surface area (Å²) in [6.45, 7) is 4.85. The number of aliphatic hydroxyl groups is 2. The van der Waals surface area contributed by atoms with Crippen LogP contribution in [0.2, 0.25) is 0 Å². The lowest BCUT2D eigenvalue weighted by molar-refractivity contribution is -0.240. The number of amides is 2. The molecule has 0 unspecified atom stereocenters. The summed E-state index contributed by atoms with van der Waals surface area (Å²) in [6, 6.07) is 0. The highest BCUT2D eigenvalue weighted by Gasteiger charge is 2.65. The van der Waals surface area contributed by atoms with Crippen molar-refractivity contribution in [2.45, 2.75) is 56.1 Å². The van der Waals surface area contributed by atoms with Gasteiger partial charge in [-0.3, -0.25) is 9.59 Å². The number of alkyl halides is 1. The molecular formula is C16H23ClN2O7. The lowest BCUT2D eigenvalue weighted by Gasteiger charge is -2.50. The Morgan fingerprint density at radius 3 is 2.50 bits per heavy atom. The van der Waals surface area contributed by atoms with Crippen molar-refractivity contribution >= 4 is 23.4 Å². The Morgan fingerprint density at radius 2 is 1.92 bits per heavy atom. The molecule has 26 heavy (non-hydrogen) atoms. The number of halogens is 1. The van der Waals surface area contributed by atoms with Gasteiger partial charge in [0.05, 0.1) is 13.2 Å². The molecule has 4 heterocycles. The zero-order valence-corrected chi connectivity index (χ0v) is 15.6. The molecule has 2 amide bonds. The molecule has 4 rings (SSSR count).